The first-order valence-corrected chi connectivity index (χ1v) is 7.29. The second-order valence-corrected chi connectivity index (χ2v) is 5.75. The predicted octanol–water partition coefficient (Wildman–Crippen LogP) is 3.26. The maximum atomic E-state index is 9.17. The smallest absolute Gasteiger partial charge is 0.0705 e. The first kappa shape index (κ1) is 13.5. The topological polar surface area (TPSA) is 42.4 Å². The molecule has 3 nitrogen and oxygen atoms in total. The number of ether oxygens (including phenoxy) is 1. The van der Waals surface area contributed by atoms with E-state index in [0.717, 1.165) is 23.1 Å². The number of hydrogen-bond acceptors (Lipinski definition) is 3. The number of pyridine rings is 1. The third-order valence-corrected chi connectivity index (χ3v) is 4.32. The second-order valence-electron chi connectivity index (χ2n) is 5.75. The molecule has 3 rings (SSSR count). The van der Waals surface area contributed by atoms with Crippen LogP contribution in [0.25, 0.3) is 10.9 Å². The molecule has 0 bridgehead atoms. The van der Waals surface area contributed by atoms with E-state index in [0.29, 0.717) is 11.8 Å². The van der Waals surface area contributed by atoms with Crippen molar-refractivity contribution in [3.63, 3.8) is 0 Å². The van der Waals surface area contributed by atoms with Crippen molar-refractivity contribution in [2.45, 2.75) is 31.8 Å². The fraction of sp³-hybridized carbons (Fsp3) is 0.471. The molecular weight excluding hydrogens is 250 g/mol. The number of fused-ring (bicyclic) bond motifs is 1. The molecule has 0 unspecified atom stereocenters. The highest BCUT2D eigenvalue weighted by Gasteiger charge is 2.26. The maximum Gasteiger partial charge on any atom is 0.0705 e. The number of benzene rings is 1. The molecular formula is C17H21NO2. The van der Waals surface area contributed by atoms with Crippen molar-refractivity contribution < 1.29 is 9.84 Å². The Balaban J connectivity index is 1.83. The molecule has 0 radical (unpaired) electrons. The summed E-state index contributed by atoms with van der Waals surface area (Å²) in [5, 5.41) is 10.3. The third kappa shape index (κ3) is 2.69. The monoisotopic (exact) mass is 271 g/mol. The van der Waals surface area contributed by atoms with Gasteiger partial charge in [0.1, 0.15) is 0 Å². The van der Waals surface area contributed by atoms with Gasteiger partial charge in [0.2, 0.25) is 0 Å². The summed E-state index contributed by atoms with van der Waals surface area (Å²) in [5.41, 5.74) is 3.16. The average Bonchev–Trinajstić information content (AvgIpc) is 2.95. The summed E-state index contributed by atoms with van der Waals surface area (Å²) in [6, 6.07) is 10.2. The number of rotatable bonds is 4. The van der Waals surface area contributed by atoms with Crippen molar-refractivity contribution in [2.24, 2.45) is 5.92 Å². The van der Waals surface area contributed by atoms with Crippen LogP contribution in [0.15, 0.2) is 30.3 Å². The SMILES string of the molecule is COC[C@@H]1CC[C@H](c2ccc3cc(CO)ccc3n2)C1. The number of aliphatic hydroxyl groups is 1. The van der Waals surface area contributed by atoms with E-state index in [2.05, 4.69) is 12.1 Å². The van der Waals surface area contributed by atoms with Crippen LogP contribution in [0.2, 0.25) is 0 Å². The molecule has 3 heteroatoms. The van der Waals surface area contributed by atoms with Crippen molar-refractivity contribution in [1.82, 2.24) is 4.98 Å². The molecule has 0 saturated heterocycles. The summed E-state index contributed by atoms with van der Waals surface area (Å²) in [5.74, 6) is 1.25. The molecule has 0 spiro atoms. The van der Waals surface area contributed by atoms with E-state index in [1.54, 1.807) is 7.11 Å². The van der Waals surface area contributed by atoms with Crippen LogP contribution in [0.1, 0.15) is 36.4 Å². The number of nitrogens with zero attached hydrogens (tertiary/aromatic N) is 1. The van der Waals surface area contributed by atoms with Crippen molar-refractivity contribution >= 4 is 10.9 Å². The molecule has 1 aromatic heterocycles. The lowest BCUT2D eigenvalue weighted by Gasteiger charge is -2.11. The highest BCUT2D eigenvalue weighted by molar-refractivity contribution is 5.79. The zero-order valence-corrected chi connectivity index (χ0v) is 11.9. The van der Waals surface area contributed by atoms with Gasteiger partial charge in [-0.15, -0.1) is 0 Å². The molecule has 2 atom stereocenters. The predicted molar refractivity (Wildman–Crippen MR) is 79.6 cm³/mol. The van der Waals surface area contributed by atoms with Crippen LogP contribution in [0, 0.1) is 5.92 Å². The number of methoxy groups -OCH3 is 1. The van der Waals surface area contributed by atoms with Crippen LogP contribution >= 0.6 is 0 Å². The van der Waals surface area contributed by atoms with Crippen LogP contribution in [-0.2, 0) is 11.3 Å². The molecule has 1 heterocycles. The van der Waals surface area contributed by atoms with Gasteiger partial charge in [-0.3, -0.25) is 4.98 Å². The van der Waals surface area contributed by atoms with Gasteiger partial charge >= 0.3 is 0 Å². The molecule has 1 N–H and O–H groups in total. The van der Waals surface area contributed by atoms with Gasteiger partial charge < -0.3 is 9.84 Å². The summed E-state index contributed by atoms with van der Waals surface area (Å²) < 4.78 is 5.26. The second kappa shape index (κ2) is 5.90. The van der Waals surface area contributed by atoms with Crippen LogP contribution in [0.5, 0.6) is 0 Å². The molecule has 1 aliphatic carbocycles. The van der Waals surface area contributed by atoms with E-state index in [-0.39, 0.29) is 6.61 Å². The number of aromatic nitrogens is 1. The summed E-state index contributed by atoms with van der Waals surface area (Å²) >= 11 is 0. The Morgan fingerprint density at radius 3 is 2.95 bits per heavy atom. The summed E-state index contributed by atoms with van der Waals surface area (Å²) in [7, 11) is 1.78. The molecule has 0 amide bonds. The first-order valence-electron chi connectivity index (χ1n) is 7.29. The molecule has 0 aliphatic heterocycles. The highest BCUT2D eigenvalue weighted by Crippen LogP contribution is 2.38. The van der Waals surface area contributed by atoms with E-state index < -0.39 is 0 Å². The van der Waals surface area contributed by atoms with Crippen LogP contribution in [0.3, 0.4) is 0 Å². The first-order chi connectivity index (χ1) is 9.80. The number of aliphatic hydroxyl groups excluding tert-OH is 1. The van der Waals surface area contributed by atoms with Gasteiger partial charge in [0.05, 0.1) is 12.1 Å². The fourth-order valence-corrected chi connectivity index (χ4v) is 3.25. The minimum absolute atomic E-state index is 0.0824. The van der Waals surface area contributed by atoms with Gasteiger partial charge in [-0.05, 0) is 48.9 Å². The zero-order chi connectivity index (χ0) is 13.9. The van der Waals surface area contributed by atoms with E-state index in [1.807, 2.05) is 18.2 Å². The van der Waals surface area contributed by atoms with Crippen molar-refractivity contribution in [3.05, 3.63) is 41.6 Å². The van der Waals surface area contributed by atoms with Gasteiger partial charge in [-0.2, -0.15) is 0 Å². The maximum absolute atomic E-state index is 9.17. The standard InChI is InChI=1S/C17H21NO2/c1-20-11-13-2-4-14(9-13)17-7-5-15-8-12(10-19)3-6-16(15)18-17/h3,5-8,13-14,19H,2,4,9-11H2,1H3/t13-,14+/m1/s1. The molecule has 1 aliphatic rings. The van der Waals surface area contributed by atoms with E-state index in [9.17, 15) is 5.11 Å². The summed E-state index contributed by atoms with van der Waals surface area (Å²) in [6.45, 7) is 0.947. The molecule has 2 aromatic rings. The Morgan fingerprint density at radius 2 is 2.15 bits per heavy atom. The number of hydrogen-bond donors (Lipinski definition) is 1. The Morgan fingerprint density at radius 1 is 1.25 bits per heavy atom. The Kier molecular flexibility index (Phi) is 3.99. The molecule has 1 fully saturated rings. The van der Waals surface area contributed by atoms with Gasteiger partial charge in [-0.25, -0.2) is 0 Å². The lowest BCUT2D eigenvalue weighted by atomic mass is 10.00. The molecule has 1 aromatic carbocycles. The largest absolute Gasteiger partial charge is 0.392 e. The minimum Gasteiger partial charge on any atom is -0.392 e. The third-order valence-electron chi connectivity index (χ3n) is 4.32. The summed E-state index contributed by atoms with van der Waals surface area (Å²) in [4.78, 5) is 4.80. The lowest BCUT2D eigenvalue weighted by molar-refractivity contribution is 0.154. The van der Waals surface area contributed by atoms with Gasteiger partial charge in [-0.1, -0.05) is 12.1 Å². The van der Waals surface area contributed by atoms with Gasteiger partial charge in [0.15, 0.2) is 0 Å². The highest BCUT2D eigenvalue weighted by atomic mass is 16.5. The Bertz CT molecular complexity index is 597. The minimum atomic E-state index is 0.0824. The normalized spacial score (nSPS) is 22.5. The molecule has 1 saturated carbocycles. The van der Waals surface area contributed by atoms with Crippen LogP contribution < -0.4 is 0 Å². The Labute approximate surface area is 119 Å². The van der Waals surface area contributed by atoms with Gasteiger partial charge in [0.25, 0.3) is 0 Å². The Hall–Kier alpha value is -1.45. The van der Waals surface area contributed by atoms with Crippen LogP contribution in [0.4, 0.5) is 0 Å². The molecule has 106 valence electrons. The average molecular weight is 271 g/mol. The fourth-order valence-electron chi connectivity index (χ4n) is 3.25. The van der Waals surface area contributed by atoms with Crippen molar-refractivity contribution in [2.75, 3.05) is 13.7 Å². The van der Waals surface area contributed by atoms with Gasteiger partial charge in [0, 0.05) is 30.7 Å². The van der Waals surface area contributed by atoms with Crippen molar-refractivity contribution in [3.8, 4) is 0 Å². The van der Waals surface area contributed by atoms with E-state index >= 15 is 0 Å². The van der Waals surface area contributed by atoms with Crippen LogP contribution in [-0.4, -0.2) is 23.8 Å². The van der Waals surface area contributed by atoms with Crippen molar-refractivity contribution in [1.29, 1.82) is 0 Å². The lowest BCUT2D eigenvalue weighted by Crippen LogP contribution is -2.04. The molecule has 20 heavy (non-hydrogen) atoms. The van der Waals surface area contributed by atoms with E-state index in [1.165, 1.54) is 25.0 Å². The summed E-state index contributed by atoms with van der Waals surface area (Å²) in [6.07, 6.45) is 3.63. The zero-order valence-electron chi connectivity index (χ0n) is 11.9. The van der Waals surface area contributed by atoms with E-state index in [4.69, 9.17) is 9.72 Å². The quantitative estimate of drug-likeness (QED) is 0.928.